The summed E-state index contributed by atoms with van der Waals surface area (Å²) in [6, 6.07) is 10.6. The zero-order chi connectivity index (χ0) is 20.1. The van der Waals surface area contributed by atoms with Crippen molar-refractivity contribution in [2.45, 2.75) is 65.5 Å². The average molecular weight is 382 g/mol. The van der Waals surface area contributed by atoms with E-state index in [1.165, 1.54) is 11.1 Å². The van der Waals surface area contributed by atoms with E-state index in [4.69, 9.17) is 4.74 Å². The highest BCUT2D eigenvalue weighted by molar-refractivity contribution is 5.82. The molecule has 1 fully saturated rings. The Morgan fingerprint density at radius 2 is 2.14 bits per heavy atom. The SMILES string of the molecule is CCCCOC(=O)N1C[C@@H](C)C[C@@H]1CCc1cc2ccc(C#N)cc2n1CC. The number of hydrogen-bond donors (Lipinski definition) is 0. The second-order valence-corrected chi connectivity index (χ2v) is 7.92. The van der Waals surface area contributed by atoms with Gasteiger partial charge in [-0.1, -0.05) is 26.3 Å². The van der Waals surface area contributed by atoms with Crippen molar-refractivity contribution < 1.29 is 9.53 Å². The number of likely N-dealkylation sites (tertiary alicyclic amines) is 1. The third-order valence-electron chi connectivity index (χ3n) is 5.75. The van der Waals surface area contributed by atoms with Crippen LogP contribution in [0.15, 0.2) is 24.3 Å². The topological polar surface area (TPSA) is 58.3 Å². The van der Waals surface area contributed by atoms with Crippen LogP contribution in [-0.4, -0.2) is 34.8 Å². The fraction of sp³-hybridized carbons (Fsp3) is 0.565. The zero-order valence-corrected chi connectivity index (χ0v) is 17.3. The summed E-state index contributed by atoms with van der Waals surface area (Å²) < 4.78 is 7.76. The number of carbonyl (C=O) groups excluding carboxylic acids is 1. The minimum Gasteiger partial charge on any atom is -0.449 e. The van der Waals surface area contributed by atoms with Gasteiger partial charge in [0.05, 0.1) is 18.2 Å². The second kappa shape index (κ2) is 9.14. The molecule has 1 amide bonds. The third kappa shape index (κ3) is 4.32. The van der Waals surface area contributed by atoms with Gasteiger partial charge in [0.1, 0.15) is 0 Å². The number of hydrogen-bond acceptors (Lipinski definition) is 3. The molecule has 0 saturated carbocycles. The molecule has 28 heavy (non-hydrogen) atoms. The highest BCUT2D eigenvalue weighted by Crippen LogP contribution is 2.29. The van der Waals surface area contributed by atoms with Gasteiger partial charge in [0.15, 0.2) is 0 Å². The Morgan fingerprint density at radius 1 is 1.32 bits per heavy atom. The molecular weight excluding hydrogens is 350 g/mol. The molecule has 5 nitrogen and oxygen atoms in total. The third-order valence-corrected chi connectivity index (χ3v) is 5.75. The van der Waals surface area contributed by atoms with Gasteiger partial charge < -0.3 is 14.2 Å². The Kier molecular flexibility index (Phi) is 6.61. The number of fused-ring (bicyclic) bond motifs is 1. The molecule has 150 valence electrons. The van der Waals surface area contributed by atoms with Crippen LogP contribution in [0, 0.1) is 17.2 Å². The summed E-state index contributed by atoms with van der Waals surface area (Å²) in [6.07, 6.45) is 4.68. The van der Waals surface area contributed by atoms with Crippen molar-refractivity contribution in [1.29, 1.82) is 5.26 Å². The Morgan fingerprint density at radius 3 is 2.86 bits per heavy atom. The van der Waals surface area contributed by atoms with Gasteiger partial charge >= 0.3 is 6.09 Å². The summed E-state index contributed by atoms with van der Waals surface area (Å²) in [6.45, 7) is 8.62. The van der Waals surface area contributed by atoms with Crippen LogP contribution < -0.4 is 0 Å². The second-order valence-electron chi connectivity index (χ2n) is 7.92. The number of carbonyl (C=O) groups is 1. The van der Waals surface area contributed by atoms with Gasteiger partial charge in [-0.25, -0.2) is 4.79 Å². The quantitative estimate of drug-likeness (QED) is 0.626. The van der Waals surface area contributed by atoms with E-state index >= 15 is 0 Å². The molecule has 0 radical (unpaired) electrons. The molecule has 2 heterocycles. The smallest absolute Gasteiger partial charge is 0.410 e. The van der Waals surface area contributed by atoms with Crippen molar-refractivity contribution >= 4 is 17.0 Å². The van der Waals surface area contributed by atoms with Crippen LogP contribution in [0.1, 0.15) is 57.7 Å². The summed E-state index contributed by atoms with van der Waals surface area (Å²) in [5.74, 6) is 0.513. The standard InChI is InChI=1S/C23H31N3O2/c1-4-6-11-28-23(27)26-16-17(3)12-20(26)9-10-21-14-19-8-7-18(15-24)13-22(19)25(21)5-2/h7-8,13-14,17,20H,4-6,9-12,16H2,1-3H3/t17-,20-/m0/s1. The van der Waals surface area contributed by atoms with E-state index in [1.54, 1.807) is 0 Å². The van der Waals surface area contributed by atoms with Crippen LogP contribution in [-0.2, 0) is 17.7 Å². The molecule has 2 atom stereocenters. The Hall–Kier alpha value is -2.48. The van der Waals surface area contributed by atoms with Crippen molar-refractivity contribution in [3.63, 3.8) is 0 Å². The summed E-state index contributed by atoms with van der Waals surface area (Å²) in [4.78, 5) is 14.4. The summed E-state index contributed by atoms with van der Waals surface area (Å²) in [7, 11) is 0. The first-order chi connectivity index (χ1) is 13.6. The van der Waals surface area contributed by atoms with E-state index in [2.05, 4.69) is 37.5 Å². The molecule has 0 aliphatic carbocycles. The van der Waals surface area contributed by atoms with E-state index in [9.17, 15) is 10.1 Å². The van der Waals surface area contributed by atoms with Gasteiger partial charge in [0.2, 0.25) is 0 Å². The van der Waals surface area contributed by atoms with Crippen LogP contribution in [0.3, 0.4) is 0 Å². The lowest BCUT2D eigenvalue weighted by molar-refractivity contribution is 0.0949. The lowest BCUT2D eigenvalue weighted by Gasteiger charge is -2.24. The summed E-state index contributed by atoms with van der Waals surface area (Å²) in [5, 5.41) is 10.4. The van der Waals surface area contributed by atoms with E-state index < -0.39 is 0 Å². The number of nitrogens with zero attached hydrogens (tertiary/aromatic N) is 3. The van der Waals surface area contributed by atoms with Gasteiger partial charge in [0, 0.05) is 30.3 Å². The maximum absolute atomic E-state index is 12.5. The molecule has 0 spiro atoms. The fourth-order valence-corrected chi connectivity index (χ4v) is 4.31. The monoisotopic (exact) mass is 381 g/mol. The van der Waals surface area contributed by atoms with E-state index in [0.717, 1.165) is 50.7 Å². The van der Waals surface area contributed by atoms with Crippen molar-refractivity contribution in [3.8, 4) is 6.07 Å². The van der Waals surface area contributed by atoms with Crippen LogP contribution in [0.5, 0.6) is 0 Å². The van der Waals surface area contributed by atoms with Crippen molar-refractivity contribution in [3.05, 3.63) is 35.5 Å². The highest BCUT2D eigenvalue weighted by atomic mass is 16.6. The minimum absolute atomic E-state index is 0.155. The lowest BCUT2D eigenvalue weighted by atomic mass is 10.0. The largest absolute Gasteiger partial charge is 0.449 e. The summed E-state index contributed by atoms with van der Waals surface area (Å²) >= 11 is 0. The molecule has 1 aromatic heterocycles. The maximum atomic E-state index is 12.5. The number of amides is 1. The number of aryl methyl sites for hydroxylation is 2. The summed E-state index contributed by atoms with van der Waals surface area (Å²) in [5.41, 5.74) is 3.08. The van der Waals surface area contributed by atoms with Crippen molar-refractivity contribution in [1.82, 2.24) is 9.47 Å². The normalized spacial score (nSPS) is 19.1. The Labute approximate surface area is 167 Å². The first-order valence-electron chi connectivity index (χ1n) is 10.5. The molecule has 2 aromatic rings. The molecule has 0 N–H and O–H groups in total. The van der Waals surface area contributed by atoms with E-state index in [0.29, 0.717) is 18.1 Å². The molecule has 3 rings (SSSR count). The minimum atomic E-state index is -0.155. The molecule has 5 heteroatoms. The first-order valence-corrected chi connectivity index (χ1v) is 10.5. The number of benzene rings is 1. The molecule has 0 unspecified atom stereocenters. The van der Waals surface area contributed by atoms with Gasteiger partial charge in [-0.2, -0.15) is 5.26 Å². The number of aromatic nitrogens is 1. The molecular formula is C23H31N3O2. The van der Waals surface area contributed by atoms with Gasteiger partial charge in [-0.3, -0.25) is 0 Å². The highest BCUT2D eigenvalue weighted by Gasteiger charge is 2.33. The Balaban J connectivity index is 1.71. The van der Waals surface area contributed by atoms with Crippen molar-refractivity contribution in [2.24, 2.45) is 5.92 Å². The number of unbranched alkanes of at least 4 members (excludes halogenated alkanes) is 1. The molecule has 1 aliphatic heterocycles. The van der Waals surface area contributed by atoms with Crippen molar-refractivity contribution in [2.75, 3.05) is 13.2 Å². The van der Waals surface area contributed by atoms with Crippen LogP contribution in [0.4, 0.5) is 4.79 Å². The predicted molar refractivity (Wildman–Crippen MR) is 111 cm³/mol. The van der Waals surface area contributed by atoms with Crippen LogP contribution in [0.25, 0.3) is 10.9 Å². The first kappa shape index (κ1) is 20.3. The number of ether oxygens (including phenoxy) is 1. The molecule has 0 bridgehead atoms. The lowest BCUT2D eigenvalue weighted by Crippen LogP contribution is -2.36. The van der Waals surface area contributed by atoms with Gasteiger partial charge in [0.25, 0.3) is 0 Å². The Bertz CT molecular complexity index is 865. The number of rotatable bonds is 7. The predicted octanol–water partition coefficient (Wildman–Crippen LogP) is 5.11. The molecule has 1 saturated heterocycles. The van der Waals surface area contributed by atoms with Gasteiger partial charge in [-0.15, -0.1) is 0 Å². The number of nitriles is 1. The maximum Gasteiger partial charge on any atom is 0.410 e. The fourth-order valence-electron chi connectivity index (χ4n) is 4.31. The molecule has 1 aliphatic rings. The average Bonchev–Trinajstić information content (AvgIpc) is 3.25. The zero-order valence-electron chi connectivity index (χ0n) is 17.3. The van der Waals surface area contributed by atoms with E-state index in [1.807, 2.05) is 23.1 Å². The van der Waals surface area contributed by atoms with Crippen LogP contribution >= 0.6 is 0 Å². The molecule has 1 aromatic carbocycles. The van der Waals surface area contributed by atoms with Crippen LogP contribution in [0.2, 0.25) is 0 Å². The van der Waals surface area contributed by atoms with Gasteiger partial charge in [-0.05, 0) is 62.1 Å². The van der Waals surface area contributed by atoms with E-state index in [-0.39, 0.29) is 12.1 Å².